The van der Waals surface area contributed by atoms with Gasteiger partial charge in [-0.15, -0.1) is 0 Å². The lowest BCUT2D eigenvalue weighted by Gasteiger charge is -2.14. The Morgan fingerprint density at radius 1 is 1.62 bits per heavy atom. The molecule has 1 nitrogen and oxygen atoms in total. The highest BCUT2D eigenvalue weighted by molar-refractivity contribution is 9.09. The van der Waals surface area contributed by atoms with Crippen LogP contribution in [0.2, 0.25) is 0 Å². The summed E-state index contributed by atoms with van der Waals surface area (Å²) in [6, 6.07) is 0. The van der Waals surface area contributed by atoms with E-state index in [-0.39, 0.29) is 5.60 Å². The Labute approximate surface area is 58.5 Å². The van der Waals surface area contributed by atoms with Gasteiger partial charge in [0.15, 0.2) is 0 Å². The van der Waals surface area contributed by atoms with Crippen molar-refractivity contribution in [3.05, 3.63) is 0 Å². The van der Waals surface area contributed by atoms with Gasteiger partial charge in [-0.3, -0.25) is 0 Å². The summed E-state index contributed by atoms with van der Waals surface area (Å²) in [5.41, 5.74) is 0.119. The first-order chi connectivity index (χ1) is 3.60. The Hall–Kier alpha value is 0.440. The van der Waals surface area contributed by atoms with Crippen LogP contribution in [0.25, 0.3) is 0 Å². The van der Waals surface area contributed by atoms with E-state index in [4.69, 9.17) is 4.74 Å². The Morgan fingerprint density at radius 2 is 2.25 bits per heavy atom. The minimum atomic E-state index is 0.119. The zero-order chi connectivity index (χ0) is 6.20. The maximum Gasteiger partial charge on any atom is 0.0638 e. The second-order valence-corrected chi connectivity index (χ2v) is 4.17. The second kappa shape index (κ2) is 1.99. The number of hydrogen-bond donors (Lipinski definition) is 0. The molecular formula is C6H11BrO. The summed E-state index contributed by atoms with van der Waals surface area (Å²) in [5, 5.41) is 0. The van der Waals surface area contributed by atoms with Gasteiger partial charge in [-0.2, -0.15) is 0 Å². The molecule has 0 unspecified atom stereocenters. The number of halogens is 1. The average molecular weight is 179 g/mol. The molecule has 1 aliphatic rings. The van der Waals surface area contributed by atoms with Crippen LogP contribution in [0.4, 0.5) is 0 Å². The molecule has 0 saturated carbocycles. The minimum absolute atomic E-state index is 0.119. The zero-order valence-electron chi connectivity index (χ0n) is 5.28. The summed E-state index contributed by atoms with van der Waals surface area (Å²) in [6.07, 6.45) is 1.13. The topological polar surface area (TPSA) is 9.23 Å². The minimum Gasteiger partial charge on any atom is -0.374 e. The standard InChI is InChI=1S/C6H11BrO/c1-6(2)3-5(7)4-8-6/h5H,3-4H2,1-2H3/t5-/m1/s1. The van der Waals surface area contributed by atoms with Gasteiger partial charge in [0.1, 0.15) is 0 Å². The maximum absolute atomic E-state index is 5.41. The average Bonchev–Trinajstić information content (AvgIpc) is 1.82. The molecule has 0 bridgehead atoms. The van der Waals surface area contributed by atoms with Crippen LogP contribution < -0.4 is 0 Å². The van der Waals surface area contributed by atoms with Crippen molar-refractivity contribution < 1.29 is 4.74 Å². The smallest absolute Gasteiger partial charge is 0.0638 e. The SMILES string of the molecule is CC1(C)C[C@@H](Br)CO1. The molecule has 0 N–H and O–H groups in total. The van der Waals surface area contributed by atoms with Crippen molar-refractivity contribution in [2.24, 2.45) is 0 Å². The van der Waals surface area contributed by atoms with E-state index in [2.05, 4.69) is 29.8 Å². The van der Waals surface area contributed by atoms with Gasteiger partial charge in [0.05, 0.1) is 12.2 Å². The van der Waals surface area contributed by atoms with Gasteiger partial charge >= 0.3 is 0 Å². The Kier molecular flexibility index (Phi) is 1.63. The van der Waals surface area contributed by atoms with Gasteiger partial charge in [0.25, 0.3) is 0 Å². The zero-order valence-corrected chi connectivity index (χ0v) is 6.86. The Balaban J connectivity index is 2.44. The lowest BCUT2D eigenvalue weighted by atomic mass is 10.1. The highest BCUT2D eigenvalue weighted by atomic mass is 79.9. The molecule has 0 aromatic rings. The molecule has 1 aliphatic heterocycles. The van der Waals surface area contributed by atoms with E-state index in [1.807, 2.05) is 0 Å². The molecule has 2 heteroatoms. The van der Waals surface area contributed by atoms with Crippen LogP contribution in [0, 0.1) is 0 Å². The van der Waals surface area contributed by atoms with Crippen LogP contribution in [0.15, 0.2) is 0 Å². The van der Waals surface area contributed by atoms with Crippen molar-refractivity contribution >= 4 is 15.9 Å². The highest BCUT2D eigenvalue weighted by Gasteiger charge is 2.29. The second-order valence-electron chi connectivity index (χ2n) is 2.87. The molecule has 0 radical (unpaired) electrons. The van der Waals surface area contributed by atoms with Crippen LogP contribution in [-0.4, -0.2) is 17.0 Å². The van der Waals surface area contributed by atoms with E-state index in [1.54, 1.807) is 0 Å². The van der Waals surface area contributed by atoms with E-state index in [0.29, 0.717) is 4.83 Å². The summed E-state index contributed by atoms with van der Waals surface area (Å²) in [7, 11) is 0. The monoisotopic (exact) mass is 178 g/mol. The van der Waals surface area contributed by atoms with Gasteiger partial charge < -0.3 is 4.74 Å². The third kappa shape index (κ3) is 1.46. The van der Waals surface area contributed by atoms with Crippen LogP contribution in [0.5, 0.6) is 0 Å². The predicted molar refractivity (Wildman–Crippen MR) is 37.4 cm³/mol. The van der Waals surface area contributed by atoms with E-state index in [9.17, 15) is 0 Å². The van der Waals surface area contributed by atoms with E-state index in [1.165, 1.54) is 0 Å². The molecule has 0 aromatic heterocycles. The molecule has 48 valence electrons. The van der Waals surface area contributed by atoms with Crippen molar-refractivity contribution in [1.29, 1.82) is 0 Å². The number of ether oxygens (including phenoxy) is 1. The Bertz CT molecular complexity index is 90.5. The van der Waals surface area contributed by atoms with Gasteiger partial charge in [0.2, 0.25) is 0 Å². The molecule has 1 saturated heterocycles. The molecule has 0 spiro atoms. The fourth-order valence-electron chi connectivity index (χ4n) is 0.967. The van der Waals surface area contributed by atoms with Crippen LogP contribution >= 0.6 is 15.9 Å². The number of rotatable bonds is 0. The van der Waals surface area contributed by atoms with Crippen LogP contribution in [0.1, 0.15) is 20.3 Å². The summed E-state index contributed by atoms with van der Waals surface area (Å²) in [6.45, 7) is 5.11. The van der Waals surface area contributed by atoms with Gasteiger partial charge in [-0.25, -0.2) is 0 Å². The lowest BCUT2D eigenvalue weighted by molar-refractivity contribution is 0.0369. The van der Waals surface area contributed by atoms with Crippen LogP contribution in [0.3, 0.4) is 0 Å². The first kappa shape index (κ1) is 6.56. The van der Waals surface area contributed by atoms with Crippen molar-refractivity contribution in [2.45, 2.75) is 30.7 Å². The van der Waals surface area contributed by atoms with Gasteiger partial charge in [-0.05, 0) is 20.3 Å². The molecule has 1 rings (SSSR count). The first-order valence-corrected chi connectivity index (χ1v) is 3.80. The normalized spacial score (nSPS) is 35.6. The van der Waals surface area contributed by atoms with E-state index in [0.717, 1.165) is 13.0 Å². The summed E-state index contributed by atoms with van der Waals surface area (Å²) in [5.74, 6) is 0. The quantitative estimate of drug-likeness (QED) is 0.516. The third-order valence-electron chi connectivity index (χ3n) is 1.37. The largest absolute Gasteiger partial charge is 0.374 e. The molecular weight excluding hydrogens is 168 g/mol. The Morgan fingerprint density at radius 3 is 2.38 bits per heavy atom. The number of alkyl halides is 1. The molecule has 1 atom stereocenters. The van der Waals surface area contributed by atoms with Crippen molar-refractivity contribution in [2.75, 3.05) is 6.61 Å². The van der Waals surface area contributed by atoms with E-state index >= 15 is 0 Å². The van der Waals surface area contributed by atoms with Gasteiger partial charge in [0, 0.05) is 4.83 Å². The summed E-state index contributed by atoms with van der Waals surface area (Å²) in [4.78, 5) is 0.581. The molecule has 0 aromatic carbocycles. The fraction of sp³-hybridized carbons (Fsp3) is 1.00. The van der Waals surface area contributed by atoms with Crippen molar-refractivity contribution in [3.63, 3.8) is 0 Å². The highest BCUT2D eigenvalue weighted by Crippen LogP contribution is 2.28. The lowest BCUT2D eigenvalue weighted by Crippen LogP contribution is -2.16. The summed E-state index contributed by atoms with van der Waals surface area (Å²) < 4.78 is 5.41. The fourth-order valence-corrected chi connectivity index (χ4v) is 1.88. The predicted octanol–water partition coefficient (Wildman–Crippen LogP) is 1.95. The van der Waals surface area contributed by atoms with Gasteiger partial charge in [-0.1, -0.05) is 15.9 Å². The van der Waals surface area contributed by atoms with Crippen LogP contribution in [-0.2, 0) is 4.74 Å². The first-order valence-electron chi connectivity index (χ1n) is 2.88. The molecule has 1 fully saturated rings. The third-order valence-corrected chi connectivity index (χ3v) is 1.96. The van der Waals surface area contributed by atoms with Crippen molar-refractivity contribution in [1.82, 2.24) is 0 Å². The summed E-state index contributed by atoms with van der Waals surface area (Å²) >= 11 is 3.49. The molecule has 0 amide bonds. The van der Waals surface area contributed by atoms with E-state index < -0.39 is 0 Å². The molecule has 1 heterocycles. The maximum atomic E-state index is 5.41. The molecule has 0 aliphatic carbocycles. The number of hydrogen-bond acceptors (Lipinski definition) is 1. The molecule has 8 heavy (non-hydrogen) atoms. The van der Waals surface area contributed by atoms with Crippen molar-refractivity contribution in [3.8, 4) is 0 Å².